The van der Waals surface area contributed by atoms with Crippen LogP contribution >= 0.6 is 22.6 Å². The van der Waals surface area contributed by atoms with Crippen molar-refractivity contribution < 1.29 is 50.9 Å². The normalized spacial score (nSPS) is 19.7. The maximum atomic E-state index is 13.6. The number of aliphatic hydroxyl groups is 2. The summed E-state index contributed by atoms with van der Waals surface area (Å²) >= 11 is 1.94. The highest BCUT2D eigenvalue weighted by atomic mass is 127. The highest BCUT2D eigenvalue weighted by Crippen LogP contribution is 2.33. The van der Waals surface area contributed by atoms with E-state index in [4.69, 9.17) is 9.84 Å². The molecule has 1 aliphatic rings. The molecular formula is C25H23F6IN2O5. The Bertz CT molecular complexity index is 1200. The molecule has 3 N–H and O–H groups in total. The lowest BCUT2D eigenvalue weighted by molar-refractivity contribution is -0.151. The van der Waals surface area contributed by atoms with E-state index in [0.29, 0.717) is 15.7 Å². The molecule has 0 aliphatic heterocycles. The second-order valence-corrected chi connectivity index (χ2v) is 9.73. The third-order valence-corrected chi connectivity index (χ3v) is 6.68. The fourth-order valence-corrected chi connectivity index (χ4v) is 4.48. The number of nitrogens with zero attached hydrogens (tertiary/aromatic N) is 1. The minimum Gasteiger partial charge on any atom is -0.482 e. The first-order valence-corrected chi connectivity index (χ1v) is 12.5. The van der Waals surface area contributed by atoms with Gasteiger partial charge in [0, 0.05) is 24.1 Å². The molecule has 0 heterocycles. The highest BCUT2D eigenvalue weighted by molar-refractivity contribution is 14.1. The molecule has 3 rings (SSSR count). The van der Waals surface area contributed by atoms with Gasteiger partial charge in [-0.25, -0.2) is 0 Å². The maximum Gasteiger partial charge on any atom is 0.416 e. The van der Waals surface area contributed by atoms with Gasteiger partial charge in [-0.15, -0.1) is 0 Å². The smallest absolute Gasteiger partial charge is 0.416 e. The van der Waals surface area contributed by atoms with Crippen LogP contribution in [0.25, 0.3) is 0 Å². The first-order chi connectivity index (χ1) is 18.2. The van der Waals surface area contributed by atoms with Crippen LogP contribution in [0.1, 0.15) is 22.3 Å². The van der Waals surface area contributed by atoms with Gasteiger partial charge in [0.1, 0.15) is 24.5 Å². The second kappa shape index (κ2) is 12.6. The van der Waals surface area contributed by atoms with Crippen LogP contribution in [0.5, 0.6) is 5.75 Å². The number of rotatable bonds is 8. The van der Waals surface area contributed by atoms with Crippen molar-refractivity contribution in [2.75, 3.05) is 19.7 Å². The Balaban J connectivity index is 2.02. The van der Waals surface area contributed by atoms with Crippen LogP contribution in [0.2, 0.25) is 0 Å². The molecule has 0 saturated heterocycles. The van der Waals surface area contributed by atoms with Crippen molar-refractivity contribution in [3.8, 4) is 5.75 Å². The van der Waals surface area contributed by atoms with E-state index in [2.05, 4.69) is 5.32 Å². The van der Waals surface area contributed by atoms with Gasteiger partial charge in [0.2, 0.25) is 5.91 Å². The lowest BCUT2D eigenvalue weighted by Gasteiger charge is -2.40. The number of hydrogen-bond donors (Lipinski definition) is 3. The van der Waals surface area contributed by atoms with Crippen molar-refractivity contribution in [3.63, 3.8) is 0 Å². The van der Waals surface area contributed by atoms with Gasteiger partial charge in [-0.2, -0.15) is 26.3 Å². The second-order valence-electron chi connectivity index (χ2n) is 8.57. The van der Waals surface area contributed by atoms with Crippen molar-refractivity contribution in [2.24, 2.45) is 0 Å². The summed E-state index contributed by atoms with van der Waals surface area (Å²) in [7, 11) is 0. The van der Waals surface area contributed by atoms with Crippen molar-refractivity contribution in [2.45, 2.75) is 37.0 Å². The van der Waals surface area contributed by atoms with Crippen LogP contribution in [0.3, 0.4) is 0 Å². The molecule has 3 atom stereocenters. The summed E-state index contributed by atoms with van der Waals surface area (Å²) in [5, 5.41) is 22.5. The van der Waals surface area contributed by atoms with Crippen molar-refractivity contribution in [1.29, 1.82) is 0 Å². The third kappa shape index (κ3) is 8.08. The van der Waals surface area contributed by atoms with Crippen molar-refractivity contribution in [3.05, 3.63) is 74.9 Å². The van der Waals surface area contributed by atoms with Crippen LogP contribution < -0.4 is 10.1 Å². The minimum atomic E-state index is -4.95. The zero-order valence-corrected chi connectivity index (χ0v) is 22.1. The first-order valence-electron chi connectivity index (χ1n) is 11.4. The summed E-state index contributed by atoms with van der Waals surface area (Å²) in [6.07, 6.45) is -12.1. The molecule has 2 aromatic carbocycles. The molecule has 2 amide bonds. The Hall–Kier alpha value is -2.85. The zero-order chi connectivity index (χ0) is 29.0. The lowest BCUT2D eigenvalue weighted by atomic mass is 9.87. The van der Waals surface area contributed by atoms with Crippen LogP contribution in [0.15, 0.2) is 60.2 Å². The Morgan fingerprint density at radius 3 is 2.26 bits per heavy atom. The van der Waals surface area contributed by atoms with Crippen LogP contribution in [-0.2, 0) is 11.0 Å². The summed E-state index contributed by atoms with van der Waals surface area (Å²) in [4.78, 5) is 26.2. The Morgan fingerprint density at radius 1 is 1.05 bits per heavy atom. The van der Waals surface area contributed by atoms with Crippen LogP contribution in [-0.4, -0.2) is 71.0 Å². The molecule has 2 aromatic rings. The average Bonchev–Trinajstić information content (AvgIpc) is 2.87. The number of amides is 2. The van der Waals surface area contributed by atoms with Gasteiger partial charge in [-0.1, -0.05) is 12.1 Å². The molecule has 0 spiro atoms. The fraction of sp³-hybridized carbons (Fsp3) is 0.360. The van der Waals surface area contributed by atoms with Crippen LogP contribution in [0, 0.1) is 3.57 Å². The van der Waals surface area contributed by atoms with Gasteiger partial charge in [0.05, 0.1) is 21.8 Å². The summed E-state index contributed by atoms with van der Waals surface area (Å²) in [5.74, 6) is -1.80. The largest absolute Gasteiger partial charge is 0.482 e. The Labute approximate surface area is 232 Å². The van der Waals surface area contributed by atoms with E-state index in [-0.39, 0.29) is 22.8 Å². The topological polar surface area (TPSA) is 99.1 Å². The van der Waals surface area contributed by atoms with Gasteiger partial charge >= 0.3 is 12.4 Å². The predicted octanol–water partition coefficient (Wildman–Crippen LogP) is 3.93. The molecule has 14 heteroatoms. The van der Waals surface area contributed by atoms with Gasteiger partial charge in [-0.3, -0.25) is 9.59 Å². The van der Waals surface area contributed by atoms with Gasteiger partial charge in [0.15, 0.2) is 0 Å². The molecule has 0 aromatic heterocycles. The standard InChI is InChI=1S/C25H23F6IN2O5/c26-24(27,28)13-34(23(38)14-5-7-16(8-6-14)25(29,30)31)18-11-15(22(37)33-9-10-35)12-20(21(18)36)39-19-4-2-1-3-17(19)32/h1-8,12,18,20-21,35-36H,9-11,13H2,(H,33,37)/t18-,20+,21+/m1/s1. The van der Waals surface area contributed by atoms with E-state index in [9.17, 15) is 41.0 Å². The number of carbonyl (C=O) groups is 2. The molecule has 0 unspecified atom stereocenters. The zero-order valence-electron chi connectivity index (χ0n) is 20.0. The minimum absolute atomic E-state index is 0.109. The lowest BCUT2D eigenvalue weighted by Crippen LogP contribution is -2.57. The molecule has 0 fully saturated rings. The molecule has 7 nitrogen and oxygen atoms in total. The van der Waals surface area contributed by atoms with E-state index in [0.717, 1.165) is 12.1 Å². The van der Waals surface area contributed by atoms with Crippen LogP contribution in [0.4, 0.5) is 26.3 Å². The highest BCUT2D eigenvalue weighted by Gasteiger charge is 2.45. The molecule has 0 bridgehead atoms. The molecular weight excluding hydrogens is 649 g/mol. The van der Waals surface area contributed by atoms with Gasteiger partial charge in [-0.05, 0) is 65.1 Å². The van der Waals surface area contributed by atoms with E-state index < -0.39 is 73.1 Å². The van der Waals surface area contributed by atoms with Crippen molar-refractivity contribution in [1.82, 2.24) is 10.2 Å². The number of hydrogen-bond acceptors (Lipinski definition) is 5. The van der Waals surface area contributed by atoms with E-state index >= 15 is 0 Å². The number of alkyl halides is 6. The SMILES string of the molecule is O=C(NCCO)C1=C[C@H](Oc2ccccc2I)[C@@H](O)[C@H](N(CC(F)(F)F)C(=O)c2ccc(C(F)(F)F)cc2)C1. The number of para-hydroxylation sites is 1. The Kier molecular flexibility index (Phi) is 9.88. The number of nitrogens with one attached hydrogen (secondary N) is 1. The predicted molar refractivity (Wildman–Crippen MR) is 135 cm³/mol. The number of ether oxygens (including phenoxy) is 1. The summed E-state index contributed by atoms with van der Waals surface area (Å²) < 4.78 is 86.1. The number of aliphatic hydroxyl groups excluding tert-OH is 2. The first kappa shape index (κ1) is 30.7. The maximum absolute atomic E-state index is 13.6. The Morgan fingerprint density at radius 2 is 1.69 bits per heavy atom. The van der Waals surface area contributed by atoms with E-state index in [1.54, 1.807) is 18.2 Å². The van der Waals surface area contributed by atoms with E-state index in [1.165, 1.54) is 12.1 Å². The third-order valence-electron chi connectivity index (χ3n) is 5.78. The molecule has 0 radical (unpaired) electrons. The molecule has 39 heavy (non-hydrogen) atoms. The quantitative estimate of drug-likeness (QED) is 0.292. The van der Waals surface area contributed by atoms with Gasteiger partial charge < -0.3 is 25.2 Å². The summed E-state index contributed by atoms with van der Waals surface area (Å²) in [5.41, 5.74) is -1.69. The number of halogens is 7. The van der Waals surface area contributed by atoms with E-state index in [1.807, 2.05) is 22.6 Å². The monoisotopic (exact) mass is 672 g/mol. The molecule has 1 aliphatic carbocycles. The molecule has 0 saturated carbocycles. The molecule has 212 valence electrons. The number of benzene rings is 2. The number of carbonyl (C=O) groups excluding carboxylic acids is 2. The summed E-state index contributed by atoms with van der Waals surface area (Å²) in [6, 6.07) is 7.50. The average molecular weight is 672 g/mol. The van der Waals surface area contributed by atoms with Gasteiger partial charge in [0.25, 0.3) is 5.91 Å². The summed E-state index contributed by atoms with van der Waals surface area (Å²) in [6.45, 7) is -2.43. The van der Waals surface area contributed by atoms with Crippen molar-refractivity contribution >= 4 is 34.4 Å². The fourth-order valence-electron chi connectivity index (χ4n) is 3.97.